The van der Waals surface area contributed by atoms with Gasteiger partial charge in [-0.05, 0) is 34.8 Å². The smallest absolute Gasteiger partial charge is 0.312 e. The van der Waals surface area contributed by atoms with E-state index in [4.69, 9.17) is 4.63 Å². The zero-order valence-electron chi connectivity index (χ0n) is 13.7. The minimum atomic E-state index is -0.677. The van der Waals surface area contributed by atoms with Crippen molar-refractivity contribution in [2.75, 3.05) is 27.2 Å². The Morgan fingerprint density at radius 3 is 2.58 bits per heavy atom. The Morgan fingerprint density at radius 1 is 1.17 bits per heavy atom. The van der Waals surface area contributed by atoms with Crippen molar-refractivity contribution in [3.05, 3.63) is 23.8 Å². The molecule has 2 saturated heterocycles. The van der Waals surface area contributed by atoms with Crippen LogP contribution in [0, 0.1) is 0 Å². The molecule has 1 aromatic carbocycles. The minimum absolute atomic E-state index is 0.0857. The highest BCUT2D eigenvalue weighted by Gasteiger charge is 2.55. The van der Waals surface area contributed by atoms with Crippen LogP contribution in [0.25, 0.3) is 11.0 Å². The number of piperidine rings is 1. The SMILES string of the molecule is CN1C(=O)N(C)C2(CCN(Cc3cccc4nonc34)CC2)C1=O. The number of carbonyl (C=O) groups is 2. The number of benzene rings is 1. The monoisotopic (exact) mass is 329 g/mol. The highest BCUT2D eigenvalue weighted by molar-refractivity contribution is 6.06. The lowest BCUT2D eigenvalue weighted by atomic mass is 9.86. The maximum absolute atomic E-state index is 12.5. The van der Waals surface area contributed by atoms with Gasteiger partial charge < -0.3 is 4.90 Å². The van der Waals surface area contributed by atoms with Gasteiger partial charge in [0, 0.05) is 33.7 Å². The van der Waals surface area contributed by atoms with Gasteiger partial charge >= 0.3 is 6.03 Å². The number of imide groups is 1. The molecule has 0 N–H and O–H groups in total. The summed E-state index contributed by atoms with van der Waals surface area (Å²) < 4.78 is 4.81. The van der Waals surface area contributed by atoms with Crippen molar-refractivity contribution in [2.45, 2.75) is 24.9 Å². The van der Waals surface area contributed by atoms with Crippen LogP contribution in [0.5, 0.6) is 0 Å². The van der Waals surface area contributed by atoms with Crippen molar-refractivity contribution >= 4 is 23.0 Å². The molecular formula is C16H19N5O3. The molecule has 24 heavy (non-hydrogen) atoms. The second-order valence-electron chi connectivity index (χ2n) is 6.56. The molecule has 126 valence electrons. The average molecular weight is 329 g/mol. The molecule has 8 heteroatoms. The van der Waals surface area contributed by atoms with Gasteiger partial charge in [0.05, 0.1) is 0 Å². The first-order valence-corrected chi connectivity index (χ1v) is 8.01. The van der Waals surface area contributed by atoms with Crippen LogP contribution in [-0.2, 0) is 11.3 Å². The lowest BCUT2D eigenvalue weighted by Gasteiger charge is -2.40. The van der Waals surface area contributed by atoms with Crippen LogP contribution in [-0.4, -0.2) is 69.7 Å². The summed E-state index contributed by atoms with van der Waals surface area (Å²) in [4.78, 5) is 29.7. The van der Waals surface area contributed by atoms with Gasteiger partial charge in [-0.25, -0.2) is 9.42 Å². The minimum Gasteiger partial charge on any atom is -0.312 e. The molecule has 2 aliphatic rings. The quantitative estimate of drug-likeness (QED) is 0.767. The summed E-state index contributed by atoms with van der Waals surface area (Å²) in [5.74, 6) is -0.0857. The van der Waals surface area contributed by atoms with Crippen LogP contribution >= 0.6 is 0 Å². The van der Waals surface area contributed by atoms with Crippen molar-refractivity contribution in [3.8, 4) is 0 Å². The molecule has 3 heterocycles. The van der Waals surface area contributed by atoms with E-state index in [1.54, 1.807) is 19.0 Å². The van der Waals surface area contributed by atoms with E-state index >= 15 is 0 Å². The van der Waals surface area contributed by atoms with Gasteiger partial charge in [-0.2, -0.15) is 0 Å². The summed E-state index contributed by atoms with van der Waals surface area (Å²) in [6.45, 7) is 2.22. The van der Waals surface area contributed by atoms with E-state index in [0.29, 0.717) is 12.8 Å². The maximum atomic E-state index is 12.5. The third-order valence-electron chi connectivity index (χ3n) is 5.37. The van der Waals surface area contributed by atoms with Crippen LogP contribution in [0.4, 0.5) is 4.79 Å². The first-order valence-electron chi connectivity index (χ1n) is 8.01. The number of nitrogens with zero attached hydrogens (tertiary/aromatic N) is 5. The predicted molar refractivity (Wildman–Crippen MR) is 85.0 cm³/mol. The van der Waals surface area contributed by atoms with Crippen LogP contribution < -0.4 is 0 Å². The molecule has 0 saturated carbocycles. The van der Waals surface area contributed by atoms with E-state index in [1.807, 2.05) is 18.2 Å². The lowest BCUT2D eigenvalue weighted by molar-refractivity contribution is -0.134. The molecule has 1 aromatic heterocycles. The number of likely N-dealkylation sites (tertiary alicyclic amines) is 1. The van der Waals surface area contributed by atoms with Gasteiger partial charge in [-0.3, -0.25) is 14.6 Å². The maximum Gasteiger partial charge on any atom is 0.327 e. The molecule has 2 aliphatic heterocycles. The molecule has 0 radical (unpaired) electrons. The fourth-order valence-electron chi connectivity index (χ4n) is 3.81. The van der Waals surface area contributed by atoms with Gasteiger partial charge in [0.1, 0.15) is 16.6 Å². The van der Waals surface area contributed by atoms with Crippen molar-refractivity contribution in [1.29, 1.82) is 0 Å². The molecule has 2 fully saturated rings. The van der Waals surface area contributed by atoms with Gasteiger partial charge in [-0.1, -0.05) is 12.1 Å². The summed E-state index contributed by atoms with van der Waals surface area (Å²) in [5, 5.41) is 7.84. The molecule has 2 aromatic rings. The standard InChI is InChI=1S/C16H19N5O3/c1-19-14(22)16(20(2)15(19)23)6-8-21(9-7-16)10-11-4-3-5-12-13(11)18-24-17-12/h3-5H,6-10H2,1-2H3. The summed E-state index contributed by atoms with van der Waals surface area (Å²) in [5.41, 5.74) is 1.91. The second-order valence-corrected chi connectivity index (χ2v) is 6.56. The number of hydrogen-bond acceptors (Lipinski definition) is 6. The number of hydrogen-bond donors (Lipinski definition) is 0. The van der Waals surface area contributed by atoms with Crippen LogP contribution in [0.2, 0.25) is 0 Å². The topological polar surface area (TPSA) is 82.8 Å². The van der Waals surface area contributed by atoms with E-state index < -0.39 is 5.54 Å². The number of likely N-dealkylation sites (N-methyl/N-ethyl adjacent to an activating group) is 2. The summed E-state index contributed by atoms with van der Waals surface area (Å²) in [7, 11) is 3.28. The number of amides is 3. The normalized spacial score (nSPS) is 21.4. The number of rotatable bonds is 2. The van der Waals surface area contributed by atoms with Gasteiger partial charge in [0.15, 0.2) is 0 Å². The first-order chi connectivity index (χ1) is 11.5. The van der Waals surface area contributed by atoms with Crippen molar-refractivity contribution in [1.82, 2.24) is 25.0 Å². The Kier molecular flexibility index (Phi) is 3.31. The Morgan fingerprint density at radius 2 is 1.92 bits per heavy atom. The van der Waals surface area contributed by atoms with E-state index in [1.165, 1.54) is 4.90 Å². The summed E-state index contributed by atoms with van der Waals surface area (Å²) >= 11 is 0. The lowest BCUT2D eigenvalue weighted by Crippen LogP contribution is -2.55. The molecule has 8 nitrogen and oxygen atoms in total. The fraction of sp³-hybridized carbons (Fsp3) is 0.500. The molecule has 0 atom stereocenters. The van der Waals surface area contributed by atoms with Crippen molar-refractivity contribution in [2.24, 2.45) is 0 Å². The van der Waals surface area contributed by atoms with E-state index in [-0.39, 0.29) is 11.9 Å². The highest BCUT2D eigenvalue weighted by atomic mass is 16.6. The molecule has 1 spiro atoms. The van der Waals surface area contributed by atoms with Crippen LogP contribution in [0.15, 0.2) is 22.8 Å². The largest absolute Gasteiger partial charge is 0.327 e. The second kappa shape index (κ2) is 5.27. The van der Waals surface area contributed by atoms with Gasteiger partial charge in [-0.15, -0.1) is 0 Å². The predicted octanol–water partition coefficient (Wildman–Crippen LogP) is 1.08. The number of fused-ring (bicyclic) bond motifs is 1. The number of urea groups is 1. The number of carbonyl (C=O) groups excluding carboxylic acids is 2. The zero-order valence-corrected chi connectivity index (χ0v) is 13.7. The Balaban J connectivity index is 1.50. The van der Waals surface area contributed by atoms with Gasteiger partial charge in [0.25, 0.3) is 5.91 Å². The van der Waals surface area contributed by atoms with Crippen molar-refractivity contribution < 1.29 is 14.2 Å². The molecule has 0 bridgehead atoms. The number of aromatic nitrogens is 2. The van der Waals surface area contributed by atoms with Crippen LogP contribution in [0.1, 0.15) is 18.4 Å². The summed E-state index contributed by atoms with van der Waals surface area (Å²) in [6.07, 6.45) is 1.29. The molecule has 0 unspecified atom stereocenters. The van der Waals surface area contributed by atoms with Crippen molar-refractivity contribution in [3.63, 3.8) is 0 Å². The van der Waals surface area contributed by atoms with E-state index in [2.05, 4.69) is 15.2 Å². The first kappa shape index (κ1) is 15.1. The summed E-state index contributed by atoms with van der Waals surface area (Å²) in [6, 6.07) is 5.61. The van der Waals surface area contributed by atoms with Gasteiger partial charge in [0.2, 0.25) is 0 Å². The average Bonchev–Trinajstić information content (AvgIpc) is 3.14. The molecular weight excluding hydrogens is 310 g/mol. The molecule has 3 amide bonds. The Labute approximate surface area is 138 Å². The zero-order chi connectivity index (χ0) is 16.9. The van der Waals surface area contributed by atoms with Crippen LogP contribution in [0.3, 0.4) is 0 Å². The Hall–Kier alpha value is -2.48. The molecule has 4 rings (SSSR count). The fourth-order valence-corrected chi connectivity index (χ4v) is 3.81. The third kappa shape index (κ3) is 2.02. The highest BCUT2D eigenvalue weighted by Crippen LogP contribution is 2.35. The third-order valence-corrected chi connectivity index (χ3v) is 5.37. The molecule has 0 aliphatic carbocycles. The van der Waals surface area contributed by atoms with E-state index in [0.717, 1.165) is 36.2 Å². The Bertz CT molecular complexity index is 809. The van der Waals surface area contributed by atoms with E-state index in [9.17, 15) is 9.59 Å².